The molecule has 9 heavy (non-hydrogen) atoms. The van der Waals surface area contributed by atoms with Gasteiger partial charge in [0.25, 0.3) is 0 Å². The van der Waals surface area contributed by atoms with E-state index < -0.39 is 11.2 Å². The van der Waals surface area contributed by atoms with Gasteiger partial charge in [-0.1, -0.05) is 18.1 Å². The van der Waals surface area contributed by atoms with Crippen molar-refractivity contribution in [3.8, 4) is 0 Å². The molecule has 0 saturated heterocycles. The van der Waals surface area contributed by atoms with Gasteiger partial charge in [0.05, 0.1) is 6.26 Å². The molecule has 0 amide bonds. The topological polar surface area (TPSA) is 35.1 Å². The Morgan fingerprint density at radius 2 is 2.11 bits per heavy atom. The van der Waals surface area contributed by atoms with Crippen LogP contribution in [0, 0.1) is 0 Å². The molecule has 3 heteroatoms. The fourth-order valence-electron chi connectivity index (χ4n) is 0.518. The lowest BCUT2D eigenvalue weighted by atomic mass is 10.5. The minimum Gasteiger partial charge on any atom is -0.617 e. The first-order chi connectivity index (χ1) is 4.27. The first-order valence-corrected chi connectivity index (χ1v) is 5.00. The molecule has 0 rings (SSSR count). The van der Waals surface area contributed by atoms with E-state index in [9.17, 15) is 4.55 Å². The zero-order chi connectivity index (χ0) is 7.11. The van der Waals surface area contributed by atoms with E-state index in [1.54, 1.807) is 6.26 Å². The van der Waals surface area contributed by atoms with E-state index in [1.807, 2.05) is 0 Å². The van der Waals surface area contributed by atoms with Crippen molar-refractivity contribution in [1.29, 1.82) is 0 Å². The SMILES string of the molecule is CCCNCC[S+](C)[O-]. The van der Waals surface area contributed by atoms with Gasteiger partial charge in [0.1, 0.15) is 5.75 Å². The molecule has 2 nitrogen and oxygen atoms in total. The molecule has 0 aliphatic rings. The molecule has 0 aromatic rings. The molecule has 1 N–H and O–H groups in total. The number of nitrogens with one attached hydrogen (secondary N) is 1. The lowest BCUT2D eigenvalue weighted by Crippen LogP contribution is -2.22. The van der Waals surface area contributed by atoms with Crippen LogP contribution in [0.3, 0.4) is 0 Å². The smallest absolute Gasteiger partial charge is 0.117 e. The maximum absolute atomic E-state index is 10.5. The van der Waals surface area contributed by atoms with Crippen LogP contribution in [0.25, 0.3) is 0 Å². The summed E-state index contributed by atoms with van der Waals surface area (Å²) in [6.07, 6.45) is 2.88. The van der Waals surface area contributed by atoms with Gasteiger partial charge in [-0.05, 0) is 13.0 Å². The van der Waals surface area contributed by atoms with Crippen LogP contribution in [-0.4, -0.2) is 29.7 Å². The molecular weight excluding hydrogens is 134 g/mol. The Balaban J connectivity index is 2.75. The van der Waals surface area contributed by atoms with Crippen LogP contribution in [0.15, 0.2) is 0 Å². The highest BCUT2D eigenvalue weighted by Gasteiger charge is 1.93. The van der Waals surface area contributed by atoms with Gasteiger partial charge in [0.15, 0.2) is 0 Å². The first kappa shape index (κ1) is 9.27. The van der Waals surface area contributed by atoms with E-state index >= 15 is 0 Å². The van der Waals surface area contributed by atoms with Crippen molar-refractivity contribution in [2.75, 3.05) is 25.1 Å². The normalized spacial score (nSPS) is 13.7. The van der Waals surface area contributed by atoms with Gasteiger partial charge in [-0.15, -0.1) is 0 Å². The molecule has 0 bridgehead atoms. The largest absolute Gasteiger partial charge is 0.617 e. The third-order valence-electron chi connectivity index (χ3n) is 0.993. The fourth-order valence-corrected chi connectivity index (χ4v) is 0.949. The molecule has 0 aromatic heterocycles. The van der Waals surface area contributed by atoms with Crippen molar-refractivity contribution in [3.63, 3.8) is 0 Å². The summed E-state index contributed by atoms with van der Waals surface area (Å²) >= 11 is -0.632. The van der Waals surface area contributed by atoms with Crippen molar-refractivity contribution in [3.05, 3.63) is 0 Å². The summed E-state index contributed by atoms with van der Waals surface area (Å²) in [5.74, 6) is 0.778. The lowest BCUT2D eigenvalue weighted by molar-refractivity contribution is 0.595. The monoisotopic (exact) mass is 149 g/mol. The second-order valence-corrected chi connectivity index (χ2v) is 3.58. The van der Waals surface area contributed by atoms with E-state index in [0.717, 1.165) is 25.3 Å². The van der Waals surface area contributed by atoms with Gasteiger partial charge in [0.2, 0.25) is 0 Å². The van der Waals surface area contributed by atoms with Crippen molar-refractivity contribution in [2.45, 2.75) is 13.3 Å². The summed E-state index contributed by atoms with van der Waals surface area (Å²) in [6, 6.07) is 0. The second-order valence-electron chi connectivity index (χ2n) is 2.03. The Morgan fingerprint density at radius 3 is 2.56 bits per heavy atom. The van der Waals surface area contributed by atoms with E-state index in [4.69, 9.17) is 0 Å². The van der Waals surface area contributed by atoms with Crippen molar-refractivity contribution in [1.82, 2.24) is 5.32 Å². The highest BCUT2D eigenvalue weighted by molar-refractivity contribution is 7.90. The van der Waals surface area contributed by atoms with Crippen LogP contribution in [0.5, 0.6) is 0 Å². The lowest BCUT2D eigenvalue weighted by Gasteiger charge is -2.04. The van der Waals surface area contributed by atoms with Gasteiger partial charge in [-0.25, -0.2) is 0 Å². The minimum absolute atomic E-state index is 0.632. The third-order valence-corrected chi connectivity index (χ3v) is 1.77. The minimum atomic E-state index is -0.632. The predicted molar refractivity (Wildman–Crippen MR) is 42.1 cm³/mol. The number of hydrogen-bond donors (Lipinski definition) is 1. The van der Waals surface area contributed by atoms with Crippen LogP contribution in [0.4, 0.5) is 0 Å². The second kappa shape index (κ2) is 6.39. The van der Waals surface area contributed by atoms with Crippen LogP contribution < -0.4 is 5.32 Å². The standard InChI is InChI=1S/C6H15NOS/c1-3-4-7-5-6-9(2)8/h7H,3-6H2,1-2H3. The van der Waals surface area contributed by atoms with E-state index in [1.165, 1.54) is 0 Å². The Labute approximate surface area is 60.2 Å². The van der Waals surface area contributed by atoms with Gasteiger partial charge < -0.3 is 9.87 Å². The summed E-state index contributed by atoms with van der Waals surface area (Å²) < 4.78 is 10.5. The maximum atomic E-state index is 10.5. The number of hydrogen-bond acceptors (Lipinski definition) is 2. The van der Waals surface area contributed by atoms with Gasteiger partial charge in [-0.3, -0.25) is 0 Å². The molecule has 0 aliphatic heterocycles. The van der Waals surface area contributed by atoms with Crippen LogP contribution in [-0.2, 0) is 11.2 Å². The Morgan fingerprint density at radius 1 is 1.44 bits per heavy atom. The van der Waals surface area contributed by atoms with Crippen molar-refractivity contribution >= 4 is 11.2 Å². The Bertz CT molecular complexity index is 59.0. The van der Waals surface area contributed by atoms with Gasteiger partial charge >= 0.3 is 0 Å². The summed E-state index contributed by atoms with van der Waals surface area (Å²) in [4.78, 5) is 0. The predicted octanol–water partition coefficient (Wildman–Crippen LogP) is 0.365. The van der Waals surface area contributed by atoms with Crippen molar-refractivity contribution in [2.24, 2.45) is 0 Å². The zero-order valence-corrected chi connectivity index (χ0v) is 6.96. The first-order valence-electron chi connectivity index (χ1n) is 3.28. The third kappa shape index (κ3) is 8.27. The molecule has 56 valence electrons. The van der Waals surface area contributed by atoms with E-state index in [-0.39, 0.29) is 0 Å². The van der Waals surface area contributed by atoms with Gasteiger partial charge in [-0.2, -0.15) is 0 Å². The molecule has 0 aliphatic carbocycles. The zero-order valence-electron chi connectivity index (χ0n) is 6.14. The molecule has 1 atom stereocenters. The molecule has 0 heterocycles. The Hall–Kier alpha value is 0.270. The highest BCUT2D eigenvalue weighted by atomic mass is 32.2. The average molecular weight is 149 g/mol. The summed E-state index contributed by atoms with van der Waals surface area (Å²) in [5.41, 5.74) is 0. The van der Waals surface area contributed by atoms with Crippen LogP contribution >= 0.6 is 0 Å². The quantitative estimate of drug-likeness (QED) is 0.452. The van der Waals surface area contributed by atoms with Gasteiger partial charge in [0, 0.05) is 6.54 Å². The van der Waals surface area contributed by atoms with Crippen LogP contribution in [0.1, 0.15) is 13.3 Å². The summed E-state index contributed by atoms with van der Waals surface area (Å²) in [5, 5.41) is 3.17. The molecule has 0 fully saturated rings. The Kier molecular flexibility index (Phi) is 6.58. The average Bonchev–Trinajstić information content (AvgIpc) is 1.80. The fraction of sp³-hybridized carbons (Fsp3) is 1.00. The van der Waals surface area contributed by atoms with Crippen LogP contribution in [0.2, 0.25) is 0 Å². The van der Waals surface area contributed by atoms with Crippen molar-refractivity contribution < 1.29 is 4.55 Å². The number of rotatable bonds is 5. The maximum Gasteiger partial charge on any atom is 0.117 e. The van der Waals surface area contributed by atoms with E-state index in [0.29, 0.717) is 0 Å². The molecule has 1 unspecified atom stereocenters. The molecule has 0 spiro atoms. The molecule has 0 radical (unpaired) electrons. The summed E-state index contributed by atoms with van der Waals surface area (Å²) in [7, 11) is 0. The highest BCUT2D eigenvalue weighted by Crippen LogP contribution is 1.79. The molecule has 0 saturated carbocycles. The molecule has 0 aromatic carbocycles. The van der Waals surface area contributed by atoms with E-state index in [2.05, 4.69) is 12.2 Å². The molecular formula is C6H15NOS. The summed E-state index contributed by atoms with van der Waals surface area (Å²) in [6.45, 7) is 4.05.